The van der Waals surface area contributed by atoms with Gasteiger partial charge in [-0.15, -0.1) is 6.58 Å². The maximum absolute atomic E-state index is 4.59. The molecule has 0 N–H and O–H groups in total. The number of allylic oxidation sites excluding steroid dienone is 2. The first kappa shape index (κ1) is 22.8. The number of aryl methyl sites for hydroxylation is 1. The lowest BCUT2D eigenvalue weighted by Gasteiger charge is -2.22. The molecule has 0 bridgehead atoms. The van der Waals surface area contributed by atoms with Crippen LogP contribution in [0.15, 0.2) is 84.9 Å². The summed E-state index contributed by atoms with van der Waals surface area (Å²) < 4.78 is 0. The van der Waals surface area contributed by atoms with Crippen LogP contribution in [0.25, 0.3) is 5.70 Å². The third-order valence-electron chi connectivity index (χ3n) is 6.08. The molecule has 2 aliphatic rings. The van der Waals surface area contributed by atoms with Gasteiger partial charge in [-0.25, -0.2) is 0 Å². The van der Waals surface area contributed by atoms with Gasteiger partial charge < -0.3 is 4.90 Å². The predicted molar refractivity (Wildman–Crippen MR) is 136 cm³/mol. The van der Waals surface area contributed by atoms with Crippen molar-refractivity contribution in [1.29, 1.82) is 0 Å². The highest BCUT2D eigenvalue weighted by atomic mass is 15.2. The van der Waals surface area contributed by atoms with Gasteiger partial charge in [-0.2, -0.15) is 0 Å². The Morgan fingerprint density at radius 2 is 1.90 bits per heavy atom. The number of aliphatic imine (C=N–C) groups is 1. The van der Waals surface area contributed by atoms with Crippen LogP contribution in [-0.4, -0.2) is 30.2 Å². The molecule has 0 spiro atoms. The van der Waals surface area contributed by atoms with E-state index in [2.05, 4.69) is 97.6 Å². The van der Waals surface area contributed by atoms with Crippen molar-refractivity contribution in [1.82, 2.24) is 4.90 Å². The highest BCUT2D eigenvalue weighted by molar-refractivity contribution is 5.97. The number of hydrogen-bond acceptors (Lipinski definition) is 2. The van der Waals surface area contributed by atoms with Crippen LogP contribution in [0, 0.1) is 6.92 Å². The van der Waals surface area contributed by atoms with Gasteiger partial charge in [0.25, 0.3) is 0 Å². The fourth-order valence-electron chi connectivity index (χ4n) is 4.18. The van der Waals surface area contributed by atoms with Crippen LogP contribution in [0.5, 0.6) is 0 Å². The zero-order chi connectivity index (χ0) is 22.1. The molecule has 1 unspecified atom stereocenters. The van der Waals surface area contributed by atoms with Gasteiger partial charge in [0.05, 0.1) is 0 Å². The molecule has 1 atom stereocenters. The average molecular weight is 413 g/mol. The van der Waals surface area contributed by atoms with E-state index in [4.69, 9.17) is 0 Å². The van der Waals surface area contributed by atoms with Crippen LogP contribution in [0.4, 0.5) is 0 Å². The number of rotatable bonds is 6. The van der Waals surface area contributed by atoms with Crippen molar-refractivity contribution in [2.75, 3.05) is 19.6 Å². The van der Waals surface area contributed by atoms with E-state index in [9.17, 15) is 0 Å². The highest BCUT2D eigenvalue weighted by Crippen LogP contribution is 2.33. The van der Waals surface area contributed by atoms with Gasteiger partial charge in [-0.05, 0) is 54.5 Å². The van der Waals surface area contributed by atoms with Crippen molar-refractivity contribution < 1.29 is 0 Å². The third-order valence-corrected chi connectivity index (χ3v) is 6.08. The lowest BCUT2D eigenvalue weighted by atomic mass is 9.94. The minimum atomic E-state index is 0.610. The second-order valence-electron chi connectivity index (χ2n) is 8.37. The molecule has 31 heavy (non-hydrogen) atoms. The minimum Gasteiger partial charge on any atom is -0.371 e. The van der Waals surface area contributed by atoms with Crippen molar-refractivity contribution >= 4 is 11.4 Å². The molecule has 1 fully saturated rings. The maximum atomic E-state index is 4.59. The summed E-state index contributed by atoms with van der Waals surface area (Å²) in [6.07, 6.45) is 10.5. The molecule has 2 nitrogen and oxygen atoms in total. The average Bonchev–Trinajstić information content (AvgIpc) is 3.30. The molecule has 2 aliphatic heterocycles. The van der Waals surface area contributed by atoms with Crippen molar-refractivity contribution in [2.45, 2.75) is 45.4 Å². The van der Waals surface area contributed by atoms with E-state index in [1.807, 2.05) is 6.08 Å². The second-order valence-corrected chi connectivity index (χ2v) is 8.37. The van der Waals surface area contributed by atoms with Crippen LogP contribution < -0.4 is 0 Å². The van der Waals surface area contributed by atoms with Gasteiger partial charge in [0.2, 0.25) is 0 Å². The van der Waals surface area contributed by atoms with Crippen LogP contribution in [0.1, 0.15) is 54.4 Å². The zero-order valence-electron chi connectivity index (χ0n) is 19.2. The second kappa shape index (κ2) is 11.5. The normalized spacial score (nSPS) is 17.5. The zero-order valence-corrected chi connectivity index (χ0v) is 19.2. The molecule has 2 heteroatoms. The summed E-state index contributed by atoms with van der Waals surface area (Å²) in [5.41, 5.74) is 7.77. The fraction of sp³-hybridized carbons (Fsp3) is 0.345. The van der Waals surface area contributed by atoms with Crippen molar-refractivity contribution in [3.8, 4) is 0 Å². The van der Waals surface area contributed by atoms with Crippen molar-refractivity contribution in [3.05, 3.63) is 102 Å². The number of likely N-dealkylation sites (tertiary alicyclic amines) is 1. The van der Waals surface area contributed by atoms with E-state index in [1.54, 1.807) is 0 Å². The molecule has 0 amide bonds. The summed E-state index contributed by atoms with van der Waals surface area (Å²) in [4.78, 5) is 7.04. The third kappa shape index (κ3) is 6.30. The lowest BCUT2D eigenvalue weighted by molar-refractivity contribution is 0.486. The molecule has 4 rings (SSSR count). The molecule has 1 saturated heterocycles. The standard InChI is InChI=1S/C25H28N2.C4H8/c1-19-7-3-4-9-25(19)23-14-16-27(18-23)20(2)22-12-10-21(11-13-22)17-24-8-5-6-15-26-24;1-3-4-2/h3-5,7-13,23H,2,6,14-18H2,1H3;3H,1,4H2,2H3. The summed E-state index contributed by atoms with van der Waals surface area (Å²) >= 11 is 0. The SMILES string of the molecule is C=C(c1ccc(CC2=NCCC=C2)cc1)N1CCC(c2ccccc2C)C1.C=CCC. The molecule has 0 aromatic heterocycles. The number of dihydropyridines is 1. The molecule has 2 heterocycles. The molecule has 2 aromatic carbocycles. The predicted octanol–water partition coefficient (Wildman–Crippen LogP) is 6.98. The molecular formula is C29H36N2. The molecule has 162 valence electrons. The summed E-state index contributed by atoms with van der Waals surface area (Å²) in [5, 5.41) is 0. The molecule has 0 aliphatic carbocycles. The highest BCUT2D eigenvalue weighted by Gasteiger charge is 2.25. The number of benzene rings is 2. The van der Waals surface area contributed by atoms with E-state index >= 15 is 0 Å². The number of nitrogens with zero attached hydrogens (tertiary/aromatic N) is 2. The first-order valence-corrected chi connectivity index (χ1v) is 11.5. The van der Waals surface area contributed by atoms with E-state index in [1.165, 1.54) is 34.4 Å². The van der Waals surface area contributed by atoms with E-state index < -0.39 is 0 Å². The van der Waals surface area contributed by atoms with Crippen LogP contribution in [-0.2, 0) is 6.42 Å². The van der Waals surface area contributed by atoms with E-state index in [0.717, 1.165) is 44.6 Å². The summed E-state index contributed by atoms with van der Waals surface area (Å²) in [6.45, 7) is 15.2. The van der Waals surface area contributed by atoms with Gasteiger partial charge in [0.1, 0.15) is 0 Å². The lowest BCUT2D eigenvalue weighted by Crippen LogP contribution is -2.18. The van der Waals surface area contributed by atoms with Crippen molar-refractivity contribution in [2.24, 2.45) is 4.99 Å². The molecular weight excluding hydrogens is 376 g/mol. The molecule has 2 aromatic rings. The Kier molecular flexibility index (Phi) is 8.46. The Morgan fingerprint density at radius 1 is 1.16 bits per heavy atom. The smallest absolute Gasteiger partial charge is 0.0427 e. The number of hydrogen-bond donors (Lipinski definition) is 0. The Hall–Kier alpha value is -2.87. The van der Waals surface area contributed by atoms with Gasteiger partial charge >= 0.3 is 0 Å². The topological polar surface area (TPSA) is 15.6 Å². The maximum Gasteiger partial charge on any atom is 0.0427 e. The Bertz CT molecular complexity index is 933. The largest absolute Gasteiger partial charge is 0.371 e. The monoisotopic (exact) mass is 412 g/mol. The first-order chi connectivity index (χ1) is 15.1. The fourth-order valence-corrected chi connectivity index (χ4v) is 4.18. The summed E-state index contributed by atoms with van der Waals surface area (Å²) in [6, 6.07) is 17.7. The quantitative estimate of drug-likeness (QED) is 0.467. The van der Waals surface area contributed by atoms with Gasteiger partial charge in [0, 0.05) is 43.4 Å². The van der Waals surface area contributed by atoms with Gasteiger partial charge in [-0.1, -0.05) is 74.2 Å². The van der Waals surface area contributed by atoms with Crippen LogP contribution >= 0.6 is 0 Å². The Morgan fingerprint density at radius 3 is 2.55 bits per heavy atom. The van der Waals surface area contributed by atoms with Crippen molar-refractivity contribution in [3.63, 3.8) is 0 Å². The van der Waals surface area contributed by atoms with Gasteiger partial charge in [0.15, 0.2) is 0 Å². The van der Waals surface area contributed by atoms with Gasteiger partial charge in [-0.3, -0.25) is 4.99 Å². The van der Waals surface area contributed by atoms with E-state index in [-0.39, 0.29) is 0 Å². The molecule has 0 saturated carbocycles. The Balaban J connectivity index is 0.000000628. The Labute approximate surface area is 188 Å². The minimum absolute atomic E-state index is 0.610. The van der Waals surface area contributed by atoms with E-state index in [0.29, 0.717) is 5.92 Å². The summed E-state index contributed by atoms with van der Waals surface area (Å²) in [5.74, 6) is 0.610. The first-order valence-electron chi connectivity index (χ1n) is 11.5. The van der Waals surface area contributed by atoms with Crippen LogP contribution in [0.2, 0.25) is 0 Å². The summed E-state index contributed by atoms with van der Waals surface area (Å²) in [7, 11) is 0. The van der Waals surface area contributed by atoms with Crippen LogP contribution in [0.3, 0.4) is 0 Å². The molecule has 0 radical (unpaired) electrons.